The van der Waals surface area contributed by atoms with E-state index in [1.807, 2.05) is 6.07 Å². The van der Waals surface area contributed by atoms with Gasteiger partial charge in [0.25, 0.3) is 5.56 Å². The number of halogens is 3. The molecular formula is C20H18F3N5O2S2. The predicted molar refractivity (Wildman–Crippen MR) is 117 cm³/mol. The summed E-state index contributed by atoms with van der Waals surface area (Å²) in [4.78, 5) is 13.4. The fourth-order valence-corrected chi connectivity index (χ4v) is 5.36. The number of fused-ring (bicyclic) bond motifs is 1. The molecule has 7 nitrogen and oxygen atoms in total. The highest BCUT2D eigenvalue weighted by Crippen LogP contribution is 2.37. The van der Waals surface area contributed by atoms with Crippen molar-refractivity contribution in [3.63, 3.8) is 0 Å². The van der Waals surface area contributed by atoms with Crippen LogP contribution in [0.3, 0.4) is 0 Å². The quantitative estimate of drug-likeness (QED) is 0.640. The van der Waals surface area contributed by atoms with Gasteiger partial charge in [0.1, 0.15) is 4.90 Å². The van der Waals surface area contributed by atoms with E-state index in [0.29, 0.717) is 46.2 Å². The van der Waals surface area contributed by atoms with E-state index in [2.05, 4.69) is 10.2 Å². The zero-order valence-corrected chi connectivity index (χ0v) is 18.6. The van der Waals surface area contributed by atoms with Gasteiger partial charge in [0.05, 0.1) is 42.3 Å². The second-order valence-electron chi connectivity index (χ2n) is 7.34. The summed E-state index contributed by atoms with van der Waals surface area (Å²) in [5.74, 6) is 0.692. The molecule has 0 spiro atoms. The smallest absolute Gasteiger partial charge is 0.381 e. The Balaban J connectivity index is 1.48. The number of hydrogen-bond donors (Lipinski definition) is 0. The van der Waals surface area contributed by atoms with Crippen LogP contribution in [0.4, 0.5) is 18.9 Å². The molecule has 3 heterocycles. The number of hydrazone groups is 1. The van der Waals surface area contributed by atoms with Crippen LogP contribution >= 0.6 is 23.5 Å². The van der Waals surface area contributed by atoms with Crippen LogP contribution in [0.1, 0.15) is 23.1 Å². The Morgan fingerprint density at radius 3 is 2.81 bits per heavy atom. The molecule has 0 unspecified atom stereocenters. The van der Waals surface area contributed by atoms with Crippen LogP contribution in [-0.2, 0) is 23.2 Å². The molecule has 0 saturated carbocycles. The van der Waals surface area contributed by atoms with Crippen molar-refractivity contribution in [2.45, 2.75) is 29.8 Å². The summed E-state index contributed by atoms with van der Waals surface area (Å²) < 4.78 is 45.9. The molecule has 0 bridgehead atoms. The van der Waals surface area contributed by atoms with Gasteiger partial charge in [-0.3, -0.25) is 9.80 Å². The van der Waals surface area contributed by atoms with Gasteiger partial charge >= 0.3 is 6.18 Å². The van der Waals surface area contributed by atoms with E-state index in [9.17, 15) is 23.2 Å². The van der Waals surface area contributed by atoms with E-state index >= 15 is 0 Å². The summed E-state index contributed by atoms with van der Waals surface area (Å²) in [5, 5.41) is 19.5. The number of nitrogens with zero attached hydrogens (tertiary/aromatic N) is 5. The zero-order chi connectivity index (χ0) is 22.9. The van der Waals surface area contributed by atoms with Crippen LogP contribution in [0, 0.1) is 17.2 Å². The van der Waals surface area contributed by atoms with Gasteiger partial charge in [0.15, 0.2) is 4.38 Å². The van der Waals surface area contributed by atoms with Crippen molar-refractivity contribution in [2.75, 3.05) is 25.3 Å². The molecule has 0 N–H and O–H groups in total. The van der Waals surface area contributed by atoms with E-state index in [4.69, 9.17) is 4.74 Å². The molecule has 2 aliphatic heterocycles. The molecule has 0 amide bonds. The Morgan fingerprint density at radius 2 is 2.16 bits per heavy atom. The largest absolute Gasteiger partial charge is 0.416 e. The lowest BCUT2D eigenvalue weighted by Gasteiger charge is -2.26. The fraction of sp³-hybridized carbons (Fsp3) is 0.400. The van der Waals surface area contributed by atoms with Gasteiger partial charge in [-0.05, 0) is 24.1 Å². The monoisotopic (exact) mass is 481 g/mol. The highest BCUT2D eigenvalue weighted by atomic mass is 32.2. The summed E-state index contributed by atoms with van der Waals surface area (Å²) in [5.41, 5.74) is -0.0341. The molecule has 2 aliphatic rings. The summed E-state index contributed by atoms with van der Waals surface area (Å²) in [6, 6.07) is 4.95. The summed E-state index contributed by atoms with van der Waals surface area (Å²) in [6.45, 7) is 1.92. The van der Waals surface area contributed by atoms with Crippen LogP contribution in [0.5, 0.6) is 0 Å². The third-order valence-electron chi connectivity index (χ3n) is 5.12. The molecule has 0 atom stereocenters. The highest BCUT2D eigenvalue weighted by molar-refractivity contribution is 8.38. The molecule has 4 rings (SSSR count). The average Bonchev–Trinajstić information content (AvgIpc) is 2.72. The summed E-state index contributed by atoms with van der Waals surface area (Å²) in [6.07, 6.45) is -2.09. The van der Waals surface area contributed by atoms with Crippen molar-refractivity contribution in [3.05, 3.63) is 51.4 Å². The fourth-order valence-electron chi connectivity index (χ4n) is 3.17. The maximum atomic E-state index is 12.9. The average molecular weight is 482 g/mol. The van der Waals surface area contributed by atoms with Crippen molar-refractivity contribution < 1.29 is 17.9 Å². The van der Waals surface area contributed by atoms with E-state index in [1.54, 1.807) is 18.3 Å². The van der Waals surface area contributed by atoms with Crippen molar-refractivity contribution in [2.24, 2.45) is 11.0 Å². The lowest BCUT2D eigenvalue weighted by Crippen LogP contribution is -2.33. The minimum absolute atomic E-state index is 0.0333. The maximum absolute atomic E-state index is 12.9. The van der Waals surface area contributed by atoms with E-state index < -0.39 is 11.7 Å². The van der Waals surface area contributed by atoms with Crippen molar-refractivity contribution in [3.8, 4) is 6.07 Å². The second-order valence-corrected chi connectivity index (χ2v) is 9.56. The van der Waals surface area contributed by atoms with E-state index in [1.165, 1.54) is 34.3 Å². The Hall–Kier alpha value is -2.49. The molecule has 1 aromatic carbocycles. The molecule has 0 radical (unpaired) electrons. The van der Waals surface area contributed by atoms with Crippen molar-refractivity contribution in [1.82, 2.24) is 9.78 Å². The number of alkyl halides is 3. The van der Waals surface area contributed by atoms with Gasteiger partial charge in [-0.2, -0.15) is 28.6 Å². The maximum Gasteiger partial charge on any atom is 0.416 e. The Labute approximate surface area is 190 Å². The topological polar surface area (TPSA) is 83.5 Å². The molecule has 12 heteroatoms. The van der Waals surface area contributed by atoms with E-state index in [-0.39, 0.29) is 16.9 Å². The van der Waals surface area contributed by atoms with Crippen LogP contribution in [0.25, 0.3) is 0 Å². The number of thioether (sulfide) groups is 2. The van der Waals surface area contributed by atoms with Gasteiger partial charge in [0, 0.05) is 25.3 Å². The lowest BCUT2D eigenvalue weighted by atomic mass is 10.0. The summed E-state index contributed by atoms with van der Waals surface area (Å²) >= 11 is 2.47. The first kappa shape index (κ1) is 22.7. The number of aryl methyl sites for hydroxylation is 1. The zero-order valence-electron chi connectivity index (χ0n) is 16.9. The lowest BCUT2D eigenvalue weighted by molar-refractivity contribution is -0.137. The highest BCUT2D eigenvalue weighted by Gasteiger charge is 2.31. The van der Waals surface area contributed by atoms with E-state index in [0.717, 1.165) is 18.6 Å². The number of anilines is 1. The Morgan fingerprint density at radius 1 is 1.38 bits per heavy atom. The Bertz CT molecular complexity index is 1160. The normalized spacial score (nSPS) is 16.2. The Kier molecular flexibility index (Phi) is 6.50. The molecule has 168 valence electrons. The van der Waals surface area contributed by atoms with Crippen LogP contribution < -0.4 is 10.6 Å². The van der Waals surface area contributed by atoms with Crippen LogP contribution in [0.15, 0.2) is 39.2 Å². The SMILES string of the molecule is CN1N=C(SCc2ccc(C(F)(F)F)cc2C#N)Sc2c1cnn(CCC1COC1)c2=O. The first-order valence-corrected chi connectivity index (χ1v) is 11.5. The van der Waals surface area contributed by atoms with Gasteiger partial charge in [-0.15, -0.1) is 0 Å². The molecular weight excluding hydrogens is 463 g/mol. The molecule has 2 aromatic rings. The standard InChI is InChI=1S/C20H18F3N5O2S2/c1-27-16-8-25-28(5-4-12-9-30-10-12)18(29)17(16)32-19(26-27)31-11-13-2-3-15(20(21,22)23)6-14(13)7-24/h2-3,6,8,12H,4-5,9-11H2,1H3. The predicted octanol–water partition coefficient (Wildman–Crippen LogP) is 3.92. The van der Waals surface area contributed by atoms with Crippen molar-refractivity contribution in [1.29, 1.82) is 5.26 Å². The molecule has 32 heavy (non-hydrogen) atoms. The number of rotatable bonds is 5. The van der Waals surface area contributed by atoms with Crippen LogP contribution in [0.2, 0.25) is 0 Å². The van der Waals surface area contributed by atoms with Gasteiger partial charge in [-0.25, -0.2) is 4.68 Å². The van der Waals surface area contributed by atoms with Gasteiger partial charge < -0.3 is 4.74 Å². The number of aromatic nitrogens is 2. The molecule has 1 saturated heterocycles. The number of nitriles is 1. The number of benzene rings is 1. The number of ether oxygens (including phenoxy) is 1. The second kappa shape index (κ2) is 9.17. The first-order valence-electron chi connectivity index (χ1n) is 9.67. The molecule has 1 fully saturated rings. The van der Waals surface area contributed by atoms with Gasteiger partial charge in [-0.1, -0.05) is 29.6 Å². The van der Waals surface area contributed by atoms with Crippen LogP contribution in [-0.4, -0.2) is 34.4 Å². The van der Waals surface area contributed by atoms with Crippen molar-refractivity contribution >= 4 is 33.6 Å². The minimum Gasteiger partial charge on any atom is -0.381 e. The first-order chi connectivity index (χ1) is 15.3. The summed E-state index contributed by atoms with van der Waals surface area (Å²) in [7, 11) is 1.70. The number of hydrogen-bond acceptors (Lipinski definition) is 8. The third-order valence-corrected chi connectivity index (χ3v) is 7.35. The molecule has 0 aliphatic carbocycles. The molecule has 1 aromatic heterocycles. The van der Waals surface area contributed by atoms with Gasteiger partial charge in [0.2, 0.25) is 0 Å². The minimum atomic E-state index is -4.51. The third kappa shape index (κ3) is 4.79.